The van der Waals surface area contributed by atoms with Crippen LogP contribution in [0.3, 0.4) is 0 Å². The lowest BCUT2D eigenvalue weighted by molar-refractivity contribution is -0.137. The number of hydrogen-bond acceptors (Lipinski definition) is 2. The highest BCUT2D eigenvalue weighted by atomic mass is 19.4. The predicted octanol–water partition coefficient (Wildman–Crippen LogP) is 3.44. The van der Waals surface area contributed by atoms with Gasteiger partial charge in [-0.05, 0) is 30.7 Å². The maximum absolute atomic E-state index is 12.3. The van der Waals surface area contributed by atoms with Crippen molar-refractivity contribution in [3.8, 4) is 5.75 Å². The first kappa shape index (κ1) is 15.3. The van der Waals surface area contributed by atoms with Crippen LogP contribution >= 0.6 is 0 Å². The molecule has 0 atom stereocenters. The Kier molecular flexibility index (Phi) is 4.44. The van der Waals surface area contributed by atoms with E-state index in [1.807, 2.05) is 13.8 Å². The highest BCUT2D eigenvalue weighted by Gasteiger charge is 2.30. The number of ether oxygens (including phenoxy) is 1. The van der Waals surface area contributed by atoms with Crippen LogP contribution in [-0.2, 0) is 6.18 Å². The van der Waals surface area contributed by atoms with Crippen LogP contribution in [-0.4, -0.2) is 12.4 Å². The Morgan fingerprint density at radius 2 is 1.74 bits per heavy atom. The predicted molar refractivity (Wildman–Crippen MR) is 67.3 cm³/mol. The highest BCUT2D eigenvalue weighted by molar-refractivity contribution is 5.82. The molecule has 0 radical (unpaired) electrons. The SMILES string of the molecule is CC(C)(CCOc1ccc(C(F)(F)F)cc1)C(=N)N. The molecule has 3 nitrogen and oxygen atoms in total. The van der Waals surface area contributed by atoms with E-state index in [-0.39, 0.29) is 12.4 Å². The summed E-state index contributed by atoms with van der Waals surface area (Å²) >= 11 is 0. The number of hydrogen-bond donors (Lipinski definition) is 2. The van der Waals surface area contributed by atoms with Gasteiger partial charge < -0.3 is 10.5 Å². The molecular weight excluding hydrogens is 257 g/mol. The summed E-state index contributed by atoms with van der Waals surface area (Å²) in [5.74, 6) is 0.427. The van der Waals surface area contributed by atoms with Crippen LogP contribution in [0.25, 0.3) is 0 Å². The molecule has 0 amide bonds. The molecule has 6 heteroatoms. The average Bonchev–Trinajstić information content (AvgIpc) is 2.28. The number of halogens is 3. The Balaban J connectivity index is 2.54. The fraction of sp³-hybridized carbons (Fsp3) is 0.462. The summed E-state index contributed by atoms with van der Waals surface area (Å²) in [6.07, 6.45) is -3.82. The lowest BCUT2D eigenvalue weighted by atomic mass is 9.88. The zero-order chi connectivity index (χ0) is 14.7. The molecular formula is C13H17F3N2O. The number of alkyl halides is 3. The molecule has 0 saturated carbocycles. The third kappa shape index (κ3) is 4.46. The van der Waals surface area contributed by atoms with Gasteiger partial charge in [0.1, 0.15) is 5.75 Å². The fourth-order valence-electron chi connectivity index (χ4n) is 1.30. The molecule has 106 valence electrons. The molecule has 0 spiro atoms. The van der Waals surface area contributed by atoms with Gasteiger partial charge in [-0.3, -0.25) is 5.41 Å². The second kappa shape index (κ2) is 5.50. The van der Waals surface area contributed by atoms with E-state index in [2.05, 4.69) is 0 Å². The van der Waals surface area contributed by atoms with Crippen molar-refractivity contribution >= 4 is 5.84 Å². The smallest absolute Gasteiger partial charge is 0.416 e. The van der Waals surface area contributed by atoms with Gasteiger partial charge in [0.2, 0.25) is 0 Å². The monoisotopic (exact) mass is 274 g/mol. The van der Waals surface area contributed by atoms with Gasteiger partial charge in [-0.1, -0.05) is 13.8 Å². The van der Waals surface area contributed by atoms with Crippen molar-refractivity contribution in [2.75, 3.05) is 6.61 Å². The summed E-state index contributed by atoms with van der Waals surface area (Å²) in [5, 5.41) is 7.37. The van der Waals surface area contributed by atoms with Crippen LogP contribution in [0, 0.1) is 10.8 Å². The minimum absolute atomic E-state index is 0.0588. The normalized spacial score (nSPS) is 12.3. The van der Waals surface area contributed by atoms with Gasteiger partial charge in [0.05, 0.1) is 18.0 Å². The average molecular weight is 274 g/mol. The van der Waals surface area contributed by atoms with Crippen molar-refractivity contribution < 1.29 is 17.9 Å². The Morgan fingerprint density at radius 1 is 1.21 bits per heavy atom. The van der Waals surface area contributed by atoms with E-state index in [1.165, 1.54) is 12.1 Å². The van der Waals surface area contributed by atoms with Gasteiger partial charge >= 0.3 is 6.18 Å². The van der Waals surface area contributed by atoms with Crippen molar-refractivity contribution in [1.82, 2.24) is 0 Å². The highest BCUT2D eigenvalue weighted by Crippen LogP contribution is 2.30. The lowest BCUT2D eigenvalue weighted by Gasteiger charge is -2.22. The maximum atomic E-state index is 12.3. The van der Waals surface area contributed by atoms with E-state index in [0.717, 1.165) is 12.1 Å². The van der Waals surface area contributed by atoms with Crippen LogP contribution in [0.4, 0.5) is 13.2 Å². The molecule has 0 fully saturated rings. The van der Waals surface area contributed by atoms with Crippen LogP contribution in [0.5, 0.6) is 5.75 Å². The van der Waals surface area contributed by atoms with E-state index in [9.17, 15) is 13.2 Å². The summed E-state index contributed by atoms with van der Waals surface area (Å²) in [6.45, 7) is 3.91. The first-order chi connectivity index (χ1) is 8.63. The lowest BCUT2D eigenvalue weighted by Crippen LogP contribution is -2.32. The van der Waals surface area contributed by atoms with Crippen LogP contribution in [0.2, 0.25) is 0 Å². The molecule has 0 aliphatic rings. The van der Waals surface area contributed by atoms with Crippen LogP contribution in [0.1, 0.15) is 25.8 Å². The standard InChI is InChI=1S/C13H17F3N2O/c1-12(2,11(17)18)7-8-19-10-5-3-9(4-6-10)13(14,15)16/h3-6H,7-8H2,1-2H3,(H3,17,18). The second-order valence-corrected chi connectivity index (χ2v) is 4.92. The van der Waals surface area contributed by atoms with Gasteiger partial charge in [-0.25, -0.2) is 0 Å². The molecule has 0 aliphatic carbocycles. The molecule has 1 aromatic carbocycles. The van der Waals surface area contributed by atoms with Gasteiger partial charge in [-0.2, -0.15) is 13.2 Å². The van der Waals surface area contributed by atoms with Gasteiger partial charge in [-0.15, -0.1) is 0 Å². The molecule has 0 unspecified atom stereocenters. The summed E-state index contributed by atoms with van der Waals surface area (Å²) in [4.78, 5) is 0. The number of nitrogens with one attached hydrogen (secondary N) is 1. The number of benzene rings is 1. The van der Waals surface area contributed by atoms with E-state index >= 15 is 0 Å². The summed E-state index contributed by atoms with van der Waals surface area (Å²) in [6, 6.07) is 4.52. The third-order valence-corrected chi connectivity index (χ3v) is 2.91. The molecule has 0 bridgehead atoms. The number of amidine groups is 1. The largest absolute Gasteiger partial charge is 0.494 e. The Bertz CT molecular complexity index is 438. The van der Waals surface area contributed by atoms with Crippen molar-refractivity contribution in [3.05, 3.63) is 29.8 Å². The topological polar surface area (TPSA) is 59.1 Å². The van der Waals surface area contributed by atoms with E-state index in [4.69, 9.17) is 15.9 Å². The molecule has 3 N–H and O–H groups in total. The minimum Gasteiger partial charge on any atom is -0.494 e. The molecule has 0 aliphatic heterocycles. The quantitative estimate of drug-likeness (QED) is 0.638. The van der Waals surface area contributed by atoms with Gasteiger partial charge in [0.15, 0.2) is 0 Å². The van der Waals surface area contributed by atoms with E-state index < -0.39 is 17.2 Å². The van der Waals surface area contributed by atoms with Crippen LogP contribution in [0.15, 0.2) is 24.3 Å². The third-order valence-electron chi connectivity index (χ3n) is 2.91. The van der Waals surface area contributed by atoms with E-state index in [1.54, 1.807) is 0 Å². The van der Waals surface area contributed by atoms with Gasteiger partial charge in [0, 0.05) is 5.41 Å². The molecule has 1 aromatic rings. The zero-order valence-corrected chi connectivity index (χ0v) is 10.8. The van der Waals surface area contributed by atoms with E-state index in [0.29, 0.717) is 12.2 Å². The number of rotatable bonds is 5. The van der Waals surface area contributed by atoms with Crippen molar-refractivity contribution in [1.29, 1.82) is 5.41 Å². The number of nitrogens with two attached hydrogens (primary N) is 1. The van der Waals surface area contributed by atoms with Crippen molar-refractivity contribution in [3.63, 3.8) is 0 Å². The molecule has 19 heavy (non-hydrogen) atoms. The molecule has 0 saturated heterocycles. The molecule has 0 aromatic heterocycles. The second-order valence-electron chi connectivity index (χ2n) is 4.92. The Morgan fingerprint density at radius 3 is 2.16 bits per heavy atom. The fourth-order valence-corrected chi connectivity index (χ4v) is 1.30. The Labute approximate surface area is 110 Å². The minimum atomic E-state index is -4.34. The van der Waals surface area contributed by atoms with Crippen LogP contribution < -0.4 is 10.5 Å². The Hall–Kier alpha value is -1.72. The zero-order valence-electron chi connectivity index (χ0n) is 10.8. The maximum Gasteiger partial charge on any atom is 0.416 e. The first-order valence-electron chi connectivity index (χ1n) is 5.77. The summed E-state index contributed by atoms with van der Waals surface area (Å²) < 4.78 is 42.4. The van der Waals surface area contributed by atoms with Crippen molar-refractivity contribution in [2.24, 2.45) is 11.1 Å². The first-order valence-corrected chi connectivity index (χ1v) is 5.77. The molecule has 1 rings (SSSR count). The van der Waals surface area contributed by atoms with Gasteiger partial charge in [0.25, 0.3) is 0 Å². The summed E-state index contributed by atoms with van der Waals surface area (Å²) in [7, 11) is 0. The summed E-state index contributed by atoms with van der Waals surface area (Å²) in [5.41, 5.74) is 4.24. The van der Waals surface area contributed by atoms with Crippen molar-refractivity contribution in [2.45, 2.75) is 26.4 Å². The molecule has 0 heterocycles.